The molecular formula is C9H10F3N3O5. The summed E-state index contributed by atoms with van der Waals surface area (Å²) in [7, 11) is 0. The largest absolute Gasteiger partial charge is 0.479 e. The van der Waals surface area contributed by atoms with Gasteiger partial charge in [-0.1, -0.05) is 0 Å². The van der Waals surface area contributed by atoms with E-state index in [0.717, 1.165) is 0 Å². The number of nitrogens with one attached hydrogen (secondary N) is 2. The van der Waals surface area contributed by atoms with Crippen molar-refractivity contribution in [2.75, 3.05) is 13.1 Å². The van der Waals surface area contributed by atoms with Crippen LogP contribution in [0.1, 0.15) is 6.92 Å². The lowest BCUT2D eigenvalue weighted by molar-refractivity contribution is -0.203. The molecule has 1 unspecified atom stereocenters. The number of carboxylic acids is 1. The van der Waals surface area contributed by atoms with Crippen molar-refractivity contribution in [1.82, 2.24) is 15.5 Å². The molecule has 1 rings (SSSR count). The Morgan fingerprint density at radius 1 is 1.25 bits per heavy atom. The maximum atomic E-state index is 12.7. The summed E-state index contributed by atoms with van der Waals surface area (Å²) in [5.74, 6) is -4.06. The first-order valence-electron chi connectivity index (χ1n) is 5.17. The summed E-state index contributed by atoms with van der Waals surface area (Å²) >= 11 is 0. The molecule has 1 saturated heterocycles. The van der Waals surface area contributed by atoms with Crippen LogP contribution in [0.2, 0.25) is 0 Å². The highest BCUT2D eigenvalue weighted by Crippen LogP contribution is 2.30. The molecule has 11 heteroatoms. The number of aliphatic carboxylic acids is 1. The van der Waals surface area contributed by atoms with E-state index in [0.29, 0.717) is 4.90 Å². The number of amides is 4. The minimum Gasteiger partial charge on any atom is -0.479 e. The number of nitrogens with zero attached hydrogens (tertiary/aromatic N) is 1. The highest BCUT2D eigenvalue weighted by molar-refractivity contribution is 6.02. The molecule has 8 nitrogen and oxygen atoms in total. The third-order valence-corrected chi connectivity index (χ3v) is 2.59. The molecule has 3 N–H and O–H groups in total. The van der Waals surface area contributed by atoms with Crippen molar-refractivity contribution in [3.8, 4) is 0 Å². The van der Waals surface area contributed by atoms with Gasteiger partial charge < -0.3 is 15.3 Å². The number of piperazine rings is 1. The standard InChI is InChI=1S/C9H10F3N3O5/c1-8(6(18)19,9(10,11)12)14-7(20)15-2-4(16)13-5(17)3-15/h2-3H2,1H3,(H,14,20)(H,18,19)(H,13,16,17). The second kappa shape index (κ2) is 4.98. The molecule has 1 aliphatic rings. The number of hydrogen-bond donors (Lipinski definition) is 3. The van der Waals surface area contributed by atoms with Crippen LogP contribution in [0.3, 0.4) is 0 Å². The van der Waals surface area contributed by atoms with Crippen LogP contribution in [0.5, 0.6) is 0 Å². The van der Waals surface area contributed by atoms with E-state index >= 15 is 0 Å². The van der Waals surface area contributed by atoms with E-state index in [1.165, 1.54) is 5.32 Å². The Labute approximate surface area is 109 Å². The fourth-order valence-electron chi connectivity index (χ4n) is 1.32. The molecule has 1 fully saturated rings. The third-order valence-electron chi connectivity index (χ3n) is 2.59. The SMILES string of the molecule is CC(NC(=O)N1CC(=O)NC(=O)C1)(C(=O)O)C(F)(F)F. The maximum absolute atomic E-state index is 12.7. The number of halogens is 3. The lowest BCUT2D eigenvalue weighted by Crippen LogP contribution is -2.66. The quantitative estimate of drug-likeness (QED) is 0.569. The molecule has 1 atom stereocenters. The zero-order valence-corrected chi connectivity index (χ0v) is 10.1. The molecule has 0 saturated carbocycles. The Kier molecular flexibility index (Phi) is 3.92. The number of imide groups is 1. The van der Waals surface area contributed by atoms with Crippen LogP contribution < -0.4 is 10.6 Å². The van der Waals surface area contributed by atoms with Gasteiger partial charge in [0.1, 0.15) is 13.1 Å². The number of carboxylic acid groups (broad SMARTS) is 1. The van der Waals surface area contributed by atoms with E-state index < -0.39 is 48.6 Å². The van der Waals surface area contributed by atoms with Crippen molar-refractivity contribution in [1.29, 1.82) is 0 Å². The smallest absolute Gasteiger partial charge is 0.422 e. The first-order chi connectivity index (χ1) is 8.97. The Morgan fingerprint density at radius 3 is 2.05 bits per heavy atom. The van der Waals surface area contributed by atoms with E-state index in [2.05, 4.69) is 0 Å². The number of hydrogen-bond acceptors (Lipinski definition) is 4. The molecule has 0 spiro atoms. The number of carbonyl (C=O) groups excluding carboxylic acids is 3. The molecule has 112 valence electrons. The third kappa shape index (κ3) is 2.97. The summed E-state index contributed by atoms with van der Waals surface area (Å²) in [6.45, 7) is -1.03. The Bertz CT molecular complexity index is 462. The van der Waals surface area contributed by atoms with Gasteiger partial charge in [0, 0.05) is 0 Å². The van der Waals surface area contributed by atoms with Gasteiger partial charge >= 0.3 is 18.2 Å². The maximum Gasteiger partial charge on any atom is 0.422 e. The van der Waals surface area contributed by atoms with Gasteiger partial charge in [-0.3, -0.25) is 14.9 Å². The zero-order valence-electron chi connectivity index (χ0n) is 10.1. The van der Waals surface area contributed by atoms with Crippen LogP contribution in [0, 0.1) is 0 Å². The lowest BCUT2D eigenvalue weighted by Gasteiger charge is -2.32. The molecule has 0 radical (unpaired) electrons. The van der Waals surface area contributed by atoms with Crippen LogP contribution in [0.25, 0.3) is 0 Å². The van der Waals surface area contributed by atoms with Gasteiger partial charge in [0.25, 0.3) is 0 Å². The number of carbonyl (C=O) groups is 4. The predicted octanol–water partition coefficient (Wildman–Crippen LogP) is -0.940. The van der Waals surface area contributed by atoms with Gasteiger partial charge in [0.15, 0.2) is 0 Å². The van der Waals surface area contributed by atoms with E-state index in [9.17, 15) is 32.3 Å². The Balaban J connectivity index is 2.90. The van der Waals surface area contributed by atoms with Crippen LogP contribution in [0.15, 0.2) is 0 Å². The predicted molar refractivity (Wildman–Crippen MR) is 55.4 cm³/mol. The highest BCUT2D eigenvalue weighted by Gasteiger charge is 2.59. The van der Waals surface area contributed by atoms with Gasteiger partial charge in [-0.15, -0.1) is 0 Å². The first-order valence-corrected chi connectivity index (χ1v) is 5.17. The number of urea groups is 1. The average molecular weight is 297 g/mol. The van der Waals surface area contributed by atoms with Crippen LogP contribution in [-0.4, -0.2) is 58.6 Å². The minimum absolute atomic E-state index is 0.263. The van der Waals surface area contributed by atoms with Crippen molar-refractivity contribution in [3.63, 3.8) is 0 Å². The minimum atomic E-state index is -5.25. The molecule has 0 aliphatic carbocycles. The van der Waals surface area contributed by atoms with Crippen LogP contribution in [-0.2, 0) is 14.4 Å². The lowest BCUT2D eigenvalue weighted by atomic mass is 10.0. The molecule has 1 heterocycles. The monoisotopic (exact) mass is 297 g/mol. The van der Waals surface area contributed by atoms with Crippen molar-refractivity contribution in [3.05, 3.63) is 0 Å². The molecule has 20 heavy (non-hydrogen) atoms. The Morgan fingerprint density at radius 2 is 1.70 bits per heavy atom. The molecule has 0 aromatic carbocycles. The highest BCUT2D eigenvalue weighted by atomic mass is 19.4. The van der Waals surface area contributed by atoms with Crippen molar-refractivity contribution in [2.45, 2.75) is 18.6 Å². The van der Waals surface area contributed by atoms with Crippen molar-refractivity contribution >= 4 is 23.8 Å². The van der Waals surface area contributed by atoms with Crippen molar-refractivity contribution in [2.24, 2.45) is 0 Å². The number of alkyl halides is 3. The molecule has 0 aromatic rings. The molecule has 1 aliphatic heterocycles. The van der Waals surface area contributed by atoms with Gasteiger partial charge in [-0.25, -0.2) is 9.59 Å². The molecule has 0 aromatic heterocycles. The van der Waals surface area contributed by atoms with E-state index in [-0.39, 0.29) is 6.92 Å². The average Bonchev–Trinajstić information content (AvgIpc) is 2.25. The zero-order chi connectivity index (χ0) is 15.7. The summed E-state index contributed by atoms with van der Waals surface area (Å²) in [6, 6.07) is -1.48. The molecular weight excluding hydrogens is 287 g/mol. The summed E-state index contributed by atoms with van der Waals surface area (Å²) in [4.78, 5) is 44.8. The molecule has 4 amide bonds. The Hall–Kier alpha value is -2.33. The summed E-state index contributed by atoms with van der Waals surface area (Å²) in [6.07, 6.45) is -5.25. The van der Waals surface area contributed by atoms with Gasteiger partial charge in [-0.2, -0.15) is 13.2 Å². The summed E-state index contributed by atoms with van der Waals surface area (Å²) in [5, 5.41) is 11.7. The van der Waals surface area contributed by atoms with E-state index in [1.807, 2.05) is 5.32 Å². The van der Waals surface area contributed by atoms with E-state index in [4.69, 9.17) is 5.11 Å². The van der Waals surface area contributed by atoms with E-state index in [1.54, 1.807) is 0 Å². The second-order valence-corrected chi connectivity index (χ2v) is 4.19. The normalized spacial score (nSPS) is 19.1. The summed E-state index contributed by atoms with van der Waals surface area (Å²) < 4.78 is 38.0. The van der Waals surface area contributed by atoms with Crippen molar-refractivity contribution < 1.29 is 37.5 Å². The fourth-order valence-corrected chi connectivity index (χ4v) is 1.32. The molecule has 0 bridgehead atoms. The summed E-state index contributed by atoms with van der Waals surface area (Å²) in [5.41, 5.74) is -3.53. The topological polar surface area (TPSA) is 116 Å². The van der Waals surface area contributed by atoms with Crippen LogP contribution in [0.4, 0.5) is 18.0 Å². The van der Waals surface area contributed by atoms with Crippen LogP contribution >= 0.6 is 0 Å². The van der Waals surface area contributed by atoms with Gasteiger partial charge in [-0.05, 0) is 6.92 Å². The fraction of sp³-hybridized carbons (Fsp3) is 0.556. The van der Waals surface area contributed by atoms with Gasteiger partial charge in [0.05, 0.1) is 0 Å². The first kappa shape index (κ1) is 15.7. The number of rotatable bonds is 2. The second-order valence-electron chi connectivity index (χ2n) is 4.19. The van der Waals surface area contributed by atoms with Gasteiger partial charge in [0.2, 0.25) is 17.4 Å².